The van der Waals surface area contributed by atoms with Crippen LogP contribution in [0.1, 0.15) is 0 Å². The molecule has 3 nitrogen and oxygen atoms in total. The van der Waals surface area contributed by atoms with Gasteiger partial charge in [0.2, 0.25) is 0 Å². The summed E-state index contributed by atoms with van der Waals surface area (Å²) in [7, 11) is 0. The first kappa shape index (κ1) is 14.4. The number of morpholine rings is 1. The lowest BCUT2D eigenvalue weighted by atomic mass is 10.3. The van der Waals surface area contributed by atoms with E-state index in [1.807, 2.05) is 12.1 Å². The van der Waals surface area contributed by atoms with Crippen molar-refractivity contribution in [1.82, 2.24) is 4.90 Å². The average molecular weight is 354 g/mol. The monoisotopic (exact) mass is 352 g/mol. The second-order valence-electron chi connectivity index (χ2n) is 4.10. The first-order valence-electron chi connectivity index (χ1n) is 5.86. The first-order chi connectivity index (χ1) is 8.68. The van der Waals surface area contributed by atoms with E-state index in [0.29, 0.717) is 10.0 Å². The van der Waals surface area contributed by atoms with Gasteiger partial charge in [-0.05, 0) is 28.1 Å². The molecule has 0 aliphatic carbocycles. The summed E-state index contributed by atoms with van der Waals surface area (Å²) in [6.07, 6.45) is 0. The van der Waals surface area contributed by atoms with Crippen LogP contribution in [-0.4, -0.2) is 44.3 Å². The number of anilines is 1. The quantitative estimate of drug-likeness (QED) is 0.838. The Balaban J connectivity index is 1.84. The normalized spacial score (nSPS) is 16.8. The maximum atomic E-state index is 6.16. The fourth-order valence-electron chi connectivity index (χ4n) is 1.84. The third-order valence-electron chi connectivity index (χ3n) is 2.88. The Labute approximate surface area is 126 Å². The van der Waals surface area contributed by atoms with Crippen molar-refractivity contribution in [1.29, 1.82) is 0 Å². The summed E-state index contributed by atoms with van der Waals surface area (Å²) >= 11 is 15.6. The molecule has 0 radical (unpaired) electrons. The van der Waals surface area contributed by atoms with E-state index in [1.165, 1.54) is 0 Å². The zero-order valence-electron chi connectivity index (χ0n) is 9.89. The van der Waals surface area contributed by atoms with E-state index in [9.17, 15) is 0 Å². The topological polar surface area (TPSA) is 24.5 Å². The van der Waals surface area contributed by atoms with Crippen LogP contribution in [0.2, 0.25) is 10.0 Å². The van der Waals surface area contributed by atoms with Crippen molar-refractivity contribution >= 4 is 44.8 Å². The van der Waals surface area contributed by atoms with Gasteiger partial charge in [0.25, 0.3) is 0 Å². The predicted molar refractivity (Wildman–Crippen MR) is 79.9 cm³/mol. The molecule has 2 rings (SSSR count). The summed E-state index contributed by atoms with van der Waals surface area (Å²) in [5, 5.41) is 4.42. The molecule has 0 bridgehead atoms. The maximum Gasteiger partial charge on any atom is 0.0835 e. The molecule has 1 N–H and O–H groups in total. The van der Waals surface area contributed by atoms with Crippen molar-refractivity contribution in [3.05, 3.63) is 26.7 Å². The van der Waals surface area contributed by atoms with Crippen LogP contribution in [0.15, 0.2) is 16.6 Å². The van der Waals surface area contributed by atoms with Gasteiger partial charge in [0.1, 0.15) is 0 Å². The molecule has 100 valence electrons. The molecule has 1 aliphatic rings. The van der Waals surface area contributed by atoms with Crippen molar-refractivity contribution < 1.29 is 4.74 Å². The Morgan fingerprint density at radius 2 is 1.94 bits per heavy atom. The Morgan fingerprint density at radius 3 is 2.67 bits per heavy atom. The molecule has 0 atom stereocenters. The molecule has 1 heterocycles. The van der Waals surface area contributed by atoms with Crippen LogP contribution < -0.4 is 5.32 Å². The van der Waals surface area contributed by atoms with Gasteiger partial charge in [-0.2, -0.15) is 0 Å². The highest BCUT2D eigenvalue weighted by Gasteiger charge is 2.11. The summed E-state index contributed by atoms with van der Waals surface area (Å²) in [6.45, 7) is 5.47. The van der Waals surface area contributed by atoms with Crippen LogP contribution in [-0.2, 0) is 4.74 Å². The predicted octanol–water partition coefficient (Wildman–Crippen LogP) is 3.50. The van der Waals surface area contributed by atoms with Crippen LogP contribution >= 0.6 is 39.1 Å². The number of ether oxygens (including phenoxy) is 1. The second kappa shape index (κ2) is 6.96. The number of nitrogens with one attached hydrogen (secondary N) is 1. The van der Waals surface area contributed by atoms with Crippen LogP contribution in [0.4, 0.5) is 5.69 Å². The number of hydrogen-bond donors (Lipinski definition) is 1. The van der Waals surface area contributed by atoms with Gasteiger partial charge in [0, 0.05) is 30.7 Å². The fourth-order valence-corrected chi connectivity index (χ4v) is 2.68. The van der Waals surface area contributed by atoms with Crippen LogP contribution in [0.3, 0.4) is 0 Å². The van der Waals surface area contributed by atoms with Crippen LogP contribution in [0.25, 0.3) is 0 Å². The number of benzene rings is 1. The van der Waals surface area contributed by atoms with E-state index in [4.69, 9.17) is 27.9 Å². The van der Waals surface area contributed by atoms with Crippen molar-refractivity contribution in [3.8, 4) is 0 Å². The Hall–Kier alpha value is -0.0000000000000000555. The highest BCUT2D eigenvalue weighted by Crippen LogP contribution is 2.35. The lowest BCUT2D eigenvalue weighted by Crippen LogP contribution is -2.39. The Bertz CT molecular complexity index is 411. The molecule has 1 aromatic rings. The van der Waals surface area contributed by atoms with E-state index in [1.54, 1.807) is 0 Å². The highest BCUT2D eigenvalue weighted by molar-refractivity contribution is 9.10. The van der Waals surface area contributed by atoms with Gasteiger partial charge in [0.05, 0.1) is 28.9 Å². The lowest BCUT2D eigenvalue weighted by Gasteiger charge is -2.26. The molecule has 1 aromatic carbocycles. The van der Waals surface area contributed by atoms with Gasteiger partial charge in [-0.1, -0.05) is 23.2 Å². The molecule has 0 unspecified atom stereocenters. The fraction of sp³-hybridized carbons (Fsp3) is 0.500. The van der Waals surface area contributed by atoms with Gasteiger partial charge in [-0.3, -0.25) is 4.90 Å². The van der Waals surface area contributed by atoms with Gasteiger partial charge >= 0.3 is 0 Å². The molecule has 1 aliphatic heterocycles. The SMILES string of the molecule is Clc1c(Br)ccc(NCCN2CCOCC2)c1Cl. The van der Waals surface area contributed by atoms with E-state index < -0.39 is 0 Å². The molecule has 0 aromatic heterocycles. The summed E-state index contributed by atoms with van der Waals surface area (Å²) < 4.78 is 6.12. The molecular formula is C12H15BrCl2N2O. The van der Waals surface area contributed by atoms with Crippen molar-refractivity contribution in [2.24, 2.45) is 0 Å². The van der Waals surface area contributed by atoms with Gasteiger partial charge < -0.3 is 10.1 Å². The zero-order chi connectivity index (χ0) is 13.0. The van der Waals surface area contributed by atoms with E-state index >= 15 is 0 Å². The molecule has 0 spiro atoms. The number of rotatable bonds is 4. The van der Waals surface area contributed by atoms with E-state index in [2.05, 4.69) is 26.1 Å². The third-order valence-corrected chi connectivity index (χ3v) is 4.65. The molecular weight excluding hydrogens is 339 g/mol. The molecule has 0 amide bonds. The maximum absolute atomic E-state index is 6.16. The van der Waals surface area contributed by atoms with E-state index in [-0.39, 0.29) is 0 Å². The smallest absolute Gasteiger partial charge is 0.0835 e. The highest BCUT2D eigenvalue weighted by atomic mass is 79.9. The largest absolute Gasteiger partial charge is 0.383 e. The zero-order valence-corrected chi connectivity index (χ0v) is 13.0. The second-order valence-corrected chi connectivity index (χ2v) is 5.71. The number of nitrogens with zero attached hydrogens (tertiary/aromatic N) is 1. The molecule has 6 heteroatoms. The number of halogens is 3. The minimum Gasteiger partial charge on any atom is -0.383 e. The first-order valence-corrected chi connectivity index (χ1v) is 7.41. The van der Waals surface area contributed by atoms with Gasteiger partial charge in [-0.25, -0.2) is 0 Å². The summed E-state index contributed by atoms with van der Waals surface area (Å²) in [6, 6.07) is 3.82. The lowest BCUT2D eigenvalue weighted by molar-refractivity contribution is 0.0398. The van der Waals surface area contributed by atoms with Crippen molar-refractivity contribution in [2.45, 2.75) is 0 Å². The molecule has 0 saturated carbocycles. The molecule has 18 heavy (non-hydrogen) atoms. The Kier molecular flexibility index (Phi) is 5.57. The van der Waals surface area contributed by atoms with E-state index in [0.717, 1.165) is 49.6 Å². The number of hydrogen-bond acceptors (Lipinski definition) is 3. The van der Waals surface area contributed by atoms with Crippen LogP contribution in [0.5, 0.6) is 0 Å². The average Bonchev–Trinajstić information content (AvgIpc) is 2.40. The van der Waals surface area contributed by atoms with Crippen molar-refractivity contribution in [3.63, 3.8) is 0 Å². The van der Waals surface area contributed by atoms with Crippen LogP contribution in [0, 0.1) is 0 Å². The summed E-state index contributed by atoms with van der Waals surface area (Å²) in [5.74, 6) is 0. The minimum absolute atomic E-state index is 0.549. The third kappa shape index (κ3) is 3.75. The summed E-state index contributed by atoms with van der Waals surface area (Å²) in [5.41, 5.74) is 0.873. The molecule has 1 fully saturated rings. The van der Waals surface area contributed by atoms with Gasteiger partial charge in [0.15, 0.2) is 0 Å². The van der Waals surface area contributed by atoms with Crippen molar-refractivity contribution in [2.75, 3.05) is 44.7 Å². The Morgan fingerprint density at radius 1 is 1.22 bits per heavy atom. The standard InChI is InChI=1S/C12H15BrCl2N2O/c13-9-1-2-10(12(15)11(9)14)16-3-4-17-5-7-18-8-6-17/h1-2,16H,3-8H2. The van der Waals surface area contributed by atoms with Gasteiger partial charge in [-0.15, -0.1) is 0 Å². The molecule has 1 saturated heterocycles. The minimum atomic E-state index is 0.549. The summed E-state index contributed by atoms with van der Waals surface area (Å²) in [4.78, 5) is 2.37.